The van der Waals surface area contributed by atoms with Crippen molar-refractivity contribution in [2.24, 2.45) is 5.92 Å². The second-order valence-corrected chi connectivity index (χ2v) is 7.50. The van der Waals surface area contributed by atoms with E-state index in [1.807, 2.05) is 0 Å². The molecule has 1 aliphatic rings. The Morgan fingerprint density at radius 2 is 1.71 bits per heavy atom. The Morgan fingerprint density at radius 3 is 2.24 bits per heavy atom. The summed E-state index contributed by atoms with van der Waals surface area (Å²) in [6, 6.07) is 0. The first-order valence-corrected chi connectivity index (χ1v) is 9.96. The summed E-state index contributed by atoms with van der Waals surface area (Å²) in [6.07, 6.45) is 9.85. The molecule has 0 aromatic carbocycles. The smallest absolute Gasteiger partial charge is 0.319 e. The van der Waals surface area contributed by atoms with Gasteiger partial charge in [-0.05, 0) is 44.7 Å². The number of rotatable bonds is 11. The third kappa shape index (κ3) is 7.82. The summed E-state index contributed by atoms with van der Waals surface area (Å²) in [5.74, 6) is 0.558. The number of alkyl halides is 1. The number of carbonyl (C=O) groups excluding carboxylic acids is 1. The summed E-state index contributed by atoms with van der Waals surface area (Å²) in [5, 5.41) is 0. The summed E-state index contributed by atoms with van der Waals surface area (Å²) in [4.78, 5) is 14.5. The molecule has 21 heavy (non-hydrogen) atoms. The van der Waals surface area contributed by atoms with Crippen LogP contribution in [0.3, 0.4) is 0 Å². The Hall–Kier alpha value is 0.160. The third-order valence-corrected chi connectivity index (χ3v) is 5.87. The summed E-state index contributed by atoms with van der Waals surface area (Å²) in [7, 11) is 0. The molecule has 0 aromatic heterocycles. The molecule has 1 fully saturated rings. The lowest BCUT2D eigenvalue weighted by Gasteiger charge is -2.22. The van der Waals surface area contributed by atoms with Crippen LogP contribution in [0.4, 0.5) is 0 Å². The van der Waals surface area contributed by atoms with E-state index in [2.05, 4.69) is 41.3 Å². The van der Waals surface area contributed by atoms with Crippen molar-refractivity contribution in [3.8, 4) is 0 Å². The van der Waals surface area contributed by atoms with Gasteiger partial charge >= 0.3 is 5.97 Å². The SMILES string of the molecule is CCCCN(CCCC)CCOC(=O)C(I)C1CCCC1. The highest BCUT2D eigenvalue weighted by atomic mass is 127. The van der Waals surface area contributed by atoms with E-state index in [1.54, 1.807) is 0 Å². The average Bonchev–Trinajstić information content (AvgIpc) is 3.02. The highest BCUT2D eigenvalue weighted by molar-refractivity contribution is 14.1. The number of hydrogen-bond donors (Lipinski definition) is 0. The maximum Gasteiger partial charge on any atom is 0.319 e. The fourth-order valence-corrected chi connectivity index (χ4v) is 3.80. The molecule has 0 aliphatic heterocycles. The molecule has 0 radical (unpaired) electrons. The van der Waals surface area contributed by atoms with Gasteiger partial charge in [0.05, 0.1) is 0 Å². The van der Waals surface area contributed by atoms with E-state index in [0.717, 1.165) is 19.6 Å². The molecule has 0 saturated heterocycles. The molecular weight excluding hydrogens is 377 g/mol. The molecule has 0 bridgehead atoms. The zero-order chi connectivity index (χ0) is 15.5. The highest BCUT2D eigenvalue weighted by Crippen LogP contribution is 2.32. The molecule has 0 heterocycles. The predicted molar refractivity (Wildman–Crippen MR) is 97.0 cm³/mol. The maximum atomic E-state index is 12.1. The van der Waals surface area contributed by atoms with Crippen molar-refractivity contribution in [1.82, 2.24) is 4.90 Å². The minimum absolute atomic E-state index is 0.00781. The first kappa shape index (κ1) is 19.2. The second-order valence-electron chi connectivity index (χ2n) is 6.16. The Bertz CT molecular complexity index is 272. The molecule has 4 heteroatoms. The van der Waals surface area contributed by atoms with Crippen molar-refractivity contribution in [2.75, 3.05) is 26.2 Å². The molecule has 0 aromatic rings. The number of unbranched alkanes of at least 4 members (excludes halogenated alkanes) is 2. The summed E-state index contributed by atoms with van der Waals surface area (Å²) >= 11 is 2.28. The van der Waals surface area contributed by atoms with E-state index in [4.69, 9.17) is 4.74 Å². The van der Waals surface area contributed by atoms with Crippen molar-refractivity contribution in [3.63, 3.8) is 0 Å². The van der Waals surface area contributed by atoms with Gasteiger partial charge in [-0.25, -0.2) is 0 Å². The summed E-state index contributed by atoms with van der Waals surface area (Å²) < 4.78 is 5.58. The van der Waals surface area contributed by atoms with Crippen LogP contribution < -0.4 is 0 Å². The van der Waals surface area contributed by atoms with E-state index in [1.165, 1.54) is 51.4 Å². The van der Waals surface area contributed by atoms with Crippen molar-refractivity contribution in [1.29, 1.82) is 0 Å². The number of esters is 1. The molecule has 0 amide bonds. The van der Waals surface area contributed by atoms with Crippen molar-refractivity contribution < 1.29 is 9.53 Å². The Morgan fingerprint density at radius 1 is 1.14 bits per heavy atom. The van der Waals surface area contributed by atoms with Gasteiger partial charge in [-0.1, -0.05) is 62.1 Å². The zero-order valence-corrected chi connectivity index (χ0v) is 15.9. The van der Waals surface area contributed by atoms with Crippen LogP contribution >= 0.6 is 22.6 Å². The summed E-state index contributed by atoms with van der Waals surface area (Å²) in [6.45, 7) is 8.15. The monoisotopic (exact) mass is 409 g/mol. The number of carbonyl (C=O) groups is 1. The van der Waals surface area contributed by atoms with E-state index in [9.17, 15) is 4.79 Å². The molecule has 124 valence electrons. The third-order valence-electron chi connectivity index (χ3n) is 4.35. The molecule has 1 atom stereocenters. The van der Waals surface area contributed by atoms with Gasteiger partial charge in [0, 0.05) is 6.54 Å². The maximum absolute atomic E-state index is 12.1. The van der Waals surface area contributed by atoms with Crippen LogP contribution in [0.25, 0.3) is 0 Å². The van der Waals surface area contributed by atoms with Crippen LogP contribution in [0.1, 0.15) is 65.2 Å². The van der Waals surface area contributed by atoms with Gasteiger partial charge in [-0.2, -0.15) is 0 Å². The average molecular weight is 409 g/mol. The number of ether oxygens (including phenoxy) is 1. The second kappa shape index (κ2) is 11.7. The fourth-order valence-electron chi connectivity index (χ4n) is 2.90. The Labute approximate surface area is 144 Å². The van der Waals surface area contributed by atoms with E-state index in [-0.39, 0.29) is 9.89 Å². The minimum atomic E-state index is 0.00781. The van der Waals surface area contributed by atoms with Crippen LogP contribution in [0.5, 0.6) is 0 Å². The lowest BCUT2D eigenvalue weighted by atomic mass is 10.0. The number of halogens is 1. The van der Waals surface area contributed by atoms with Gasteiger partial charge in [0.2, 0.25) is 0 Å². The van der Waals surface area contributed by atoms with Gasteiger partial charge in [0.25, 0.3) is 0 Å². The van der Waals surface area contributed by atoms with Crippen LogP contribution in [0.2, 0.25) is 0 Å². The summed E-state index contributed by atoms with van der Waals surface area (Å²) in [5.41, 5.74) is 0. The minimum Gasteiger partial charge on any atom is -0.464 e. The molecule has 1 aliphatic carbocycles. The number of nitrogens with zero attached hydrogens (tertiary/aromatic N) is 1. The van der Waals surface area contributed by atoms with Gasteiger partial charge in [-0.15, -0.1) is 0 Å². The molecule has 3 nitrogen and oxygen atoms in total. The standard InChI is InChI=1S/C17H32INO2/c1-3-5-11-19(12-6-4-2)13-14-21-17(20)16(18)15-9-7-8-10-15/h15-16H,3-14H2,1-2H3. The van der Waals surface area contributed by atoms with E-state index >= 15 is 0 Å². The molecule has 1 saturated carbocycles. The van der Waals surface area contributed by atoms with Crippen LogP contribution in [0.15, 0.2) is 0 Å². The highest BCUT2D eigenvalue weighted by Gasteiger charge is 2.29. The predicted octanol–water partition coefficient (Wildman–Crippen LogP) is 4.43. The van der Waals surface area contributed by atoms with Gasteiger partial charge in [0.15, 0.2) is 0 Å². The zero-order valence-electron chi connectivity index (χ0n) is 13.8. The normalized spacial score (nSPS) is 17.3. The lowest BCUT2D eigenvalue weighted by Crippen LogP contribution is -2.32. The van der Waals surface area contributed by atoms with Crippen LogP contribution in [-0.4, -0.2) is 41.0 Å². The van der Waals surface area contributed by atoms with E-state index in [0.29, 0.717) is 12.5 Å². The van der Waals surface area contributed by atoms with Crippen molar-refractivity contribution in [3.05, 3.63) is 0 Å². The molecule has 0 spiro atoms. The fraction of sp³-hybridized carbons (Fsp3) is 0.941. The first-order valence-electron chi connectivity index (χ1n) is 8.72. The van der Waals surface area contributed by atoms with Gasteiger partial charge in [0.1, 0.15) is 10.5 Å². The lowest BCUT2D eigenvalue weighted by molar-refractivity contribution is -0.143. The molecular formula is C17H32INO2. The quantitative estimate of drug-likeness (QED) is 0.287. The van der Waals surface area contributed by atoms with Gasteiger partial charge < -0.3 is 4.74 Å². The molecule has 1 rings (SSSR count). The van der Waals surface area contributed by atoms with Crippen LogP contribution in [0, 0.1) is 5.92 Å². The molecule has 1 unspecified atom stereocenters. The molecule has 0 N–H and O–H groups in total. The Kier molecular flexibility index (Phi) is 10.7. The first-order chi connectivity index (χ1) is 10.2. The topological polar surface area (TPSA) is 29.5 Å². The van der Waals surface area contributed by atoms with Crippen molar-refractivity contribution in [2.45, 2.75) is 69.1 Å². The van der Waals surface area contributed by atoms with Crippen molar-refractivity contribution >= 4 is 28.6 Å². The van der Waals surface area contributed by atoms with Crippen LogP contribution in [-0.2, 0) is 9.53 Å². The van der Waals surface area contributed by atoms with E-state index < -0.39 is 0 Å². The largest absolute Gasteiger partial charge is 0.464 e. The Balaban J connectivity index is 2.22. The van der Waals surface area contributed by atoms with Gasteiger partial charge in [-0.3, -0.25) is 9.69 Å². The number of hydrogen-bond acceptors (Lipinski definition) is 3.